The molecule has 17 heavy (non-hydrogen) atoms. The predicted octanol–water partition coefficient (Wildman–Crippen LogP) is 0.702. The van der Waals surface area contributed by atoms with E-state index in [1.54, 1.807) is 12.1 Å². The highest BCUT2D eigenvalue weighted by molar-refractivity contribution is 5.85. The number of hydrogen-bond donors (Lipinski definition) is 3. The Morgan fingerprint density at radius 2 is 1.88 bits per heavy atom. The van der Waals surface area contributed by atoms with Crippen molar-refractivity contribution in [3.8, 4) is 6.07 Å². The number of rotatable bonds is 4. The van der Waals surface area contributed by atoms with Gasteiger partial charge in [-0.3, -0.25) is 0 Å². The van der Waals surface area contributed by atoms with Crippen LogP contribution in [0.2, 0.25) is 0 Å². The highest BCUT2D eigenvalue weighted by Gasteiger charge is 2.16. The van der Waals surface area contributed by atoms with Crippen LogP contribution in [-0.4, -0.2) is 27.4 Å². The first-order valence-electron chi connectivity index (χ1n) is 4.81. The van der Waals surface area contributed by atoms with Crippen molar-refractivity contribution in [2.45, 2.75) is 12.2 Å². The van der Waals surface area contributed by atoms with Crippen molar-refractivity contribution in [3.63, 3.8) is 0 Å². The molecule has 1 aromatic carbocycles. The van der Waals surface area contributed by atoms with Crippen LogP contribution < -0.4 is 0 Å². The molecule has 2 unspecified atom stereocenters. The monoisotopic (exact) mass is 233 g/mol. The second-order valence-corrected chi connectivity index (χ2v) is 3.36. The standard InChI is InChI=1S/C12H11NO4/c13-7-10(14)12(17)9-4-1-8(2-5-9)3-6-11(15)16/h1-6,10,12,14,17H,(H,15,16)/b6-3+. The van der Waals surface area contributed by atoms with Crippen LogP contribution in [0.15, 0.2) is 30.3 Å². The van der Waals surface area contributed by atoms with Gasteiger partial charge in [-0.2, -0.15) is 5.26 Å². The third-order valence-corrected chi connectivity index (χ3v) is 2.13. The number of nitriles is 1. The number of aliphatic hydroxyl groups excluding tert-OH is 2. The molecule has 0 amide bonds. The van der Waals surface area contributed by atoms with Gasteiger partial charge >= 0.3 is 5.97 Å². The van der Waals surface area contributed by atoms with Gasteiger partial charge in [0.2, 0.25) is 0 Å². The predicted molar refractivity (Wildman–Crippen MR) is 59.7 cm³/mol. The largest absolute Gasteiger partial charge is 0.478 e. The molecule has 5 heteroatoms. The Balaban J connectivity index is 2.82. The first-order chi connectivity index (χ1) is 8.04. The van der Waals surface area contributed by atoms with Crippen LogP contribution >= 0.6 is 0 Å². The molecule has 0 spiro atoms. The molecule has 0 aliphatic carbocycles. The maximum Gasteiger partial charge on any atom is 0.328 e. The summed E-state index contributed by atoms with van der Waals surface area (Å²) in [6, 6.07) is 7.74. The average Bonchev–Trinajstić information content (AvgIpc) is 2.35. The summed E-state index contributed by atoms with van der Waals surface area (Å²) in [4.78, 5) is 10.3. The summed E-state index contributed by atoms with van der Waals surface area (Å²) in [6.45, 7) is 0. The van der Waals surface area contributed by atoms with Crippen molar-refractivity contribution >= 4 is 12.0 Å². The van der Waals surface area contributed by atoms with Crippen LogP contribution in [-0.2, 0) is 4.79 Å². The average molecular weight is 233 g/mol. The van der Waals surface area contributed by atoms with Crippen molar-refractivity contribution in [3.05, 3.63) is 41.5 Å². The van der Waals surface area contributed by atoms with Gasteiger partial charge in [-0.15, -0.1) is 0 Å². The van der Waals surface area contributed by atoms with Crippen molar-refractivity contribution in [1.82, 2.24) is 0 Å². The van der Waals surface area contributed by atoms with Gasteiger partial charge in [-0.1, -0.05) is 24.3 Å². The lowest BCUT2D eigenvalue weighted by molar-refractivity contribution is -0.131. The second-order valence-electron chi connectivity index (χ2n) is 3.36. The summed E-state index contributed by atoms with van der Waals surface area (Å²) in [6.07, 6.45) is -0.345. The number of carboxylic acid groups (broad SMARTS) is 1. The Morgan fingerprint density at radius 1 is 1.29 bits per heavy atom. The van der Waals surface area contributed by atoms with Crippen molar-refractivity contribution in [1.29, 1.82) is 5.26 Å². The van der Waals surface area contributed by atoms with E-state index in [4.69, 9.17) is 15.5 Å². The van der Waals surface area contributed by atoms with Crippen LogP contribution in [0, 0.1) is 11.3 Å². The number of benzene rings is 1. The summed E-state index contributed by atoms with van der Waals surface area (Å²) in [7, 11) is 0. The van der Waals surface area contributed by atoms with E-state index in [0.717, 1.165) is 6.08 Å². The Morgan fingerprint density at radius 3 is 2.35 bits per heavy atom. The molecule has 1 aromatic rings. The van der Waals surface area contributed by atoms with Crippen LogP contribution in [0.5, 0.6) is 0 Å². The van der Waals surface area contributed by atoms with E-state index in [1.807, 2.05) is 0 Å². The molecule has 0 saturated carbocycles. The third-order valence-electron chi connectivity index (χ3n) is 2.13. The van der Waals surface area contributed by atoms with E-state index in [2.05, 4.69) is 0 Å². The fourth-order valence-electron chi connectivity index (χ4n) is 1.22. The maximum atomic E-state index is 10.3. The molecule has 0 saturated heterocycles. The zero-order chi connectivity index (χ0) is 12.8. The molecule has 0 bridgehead atoms. The molecule has 0 aliphatic rings. The number of aliphatic carboxylic acids is 1. The Labute approximate surface area is 97.9 Å². The molecule has 1 rings (SSSR count). The van der Waals surface area contributed by atoms with Gasteiger partial charge in [0, 0.05) is 6.08 Å². The molecule has 0 aliphatic heterocycles. The van der Waals surface area contributed by atoms with Crippen molar-refractivity contribution < 1.29 is 20.1 Å². The van der Waals surface area contributed by atoms with Crippen molar-refractivity contribution in [2.75, 3.05) is 0 Å². The van der Waals surface area contributed by atoms with Crippen LogP contribution in [0.3, 0.4) is 0 Å². The molecule has 5 nitrogen and oxygen atoms in total. The topological polar surface area (TPSA) is 102 Å². The smallest absolute Gasteiger partial charge is 0.328 e. The quantitative estimate of drug-likeness (QED) is 0.525. The van der Waals surface area contributed by atoms with Crippen LogP contribution in [0.1, 0.15) is 17.2 Å². The van der Waals surface area contributed by atoms with E-state index in [9.17, 15) is 9.90 Å². The lowest BCUT2D eigenvalue weighted by Gasteiger charge is -2.11. The Hall–Kier alpha value is -2.16. The van der Waals surface area contributed by atoms with E-state index < -0.39 is 18.2 Å². The lowest BCUT2D eigenvalue weighted by Crippen LogP contribution is -2.15. The van der Waals surface area contributed by atoms with E-state index >= 15 is 0 Å². The molecule has 0 fully saturated rings. The zero-order valence-electron chi connectivity index (χ0n) is 8.82. The first kappa shape index (κ1) is 12.9. The normalized spacial score (nSPS) is 14.2. The van der Waals surface area contributed by atoms with Gasteiger partial charge in [0.25, 0.3) is 0 Å². The van der Waals surface area contributed by atoms with E-state index in [0.29, 0.717) is 11.1 Å². The fraction of sp³-hybridized carbons (Fsp3) is 0.167. The van der Waals surface area contributed by atoms with Crippen LogP contribution in [0.4, 0.5) is 0 Å². The van der Waals surface area contributed by atoms with Gasteiger partial charge in [0.1, 0.15) is 6.10 Å². The van der Waals surface area contributed by atoms with E-state index in [-0.39, 0.29) is 0 Å². The minimum atomic E-state index is -1.48. The summed E-state index contributed by atoms with van der Waals surface area (Å²) in [5.74, 6) is -1.05. The molecule has 0 radical (unpaired) electrons. The highest BCUT2D eigenvalue weighted by atomic mass is 16.4. The molecular weight excluding hydrogens is 222 g/mol. The van der Waals surface area contributed by atoms with Gasteiger partial charge < -0.3 is 15.3 Å². The minimum Gasteiger partial charge on any atom is -0.478 e. The molecular formula is C12H11NO4. The van der Waals surface area contributed by atoms with Gasteiger partial charge in [-0.05, 0) is 17.2 Å². The fourth-order valence-corrected chi connectivity index (χ4v) is 1.22. The summed E-state index contributed by atoms with van der Waals surface area (Å²) >= 11 is 0. The SMILES string of the molecule is N#CC(O)C(O)c1ccc(/C=C/C(=O)O)cc1. The molecule has 0 aromatic heterocycles. The first-order valence-corrected chi connectivity index (χ1v) is 4.81. The Bertz CT molecular complexity index is 458. The van der Waals surface area contributed by atoms with Gasteiger partial charge in [0.05, 0.1) is 6.07 Å². The summed E-state index contributed by atoms with van der Waals surface area (Å²) in [5.41, 5.74) is 1.04. The van der Waals surface area contributed by atoms with Crippen molar-refractivity contribution in [2.24, 2.45) is 0 Å². The maximum absolute atomic E-state index is 10.3. The molecule has 88 valence electrons. The van der Waals surface area contributed by atoms with Gasteiger partial charge in [-0.25, -0.2) is 4.79 Å². The van der Waals surface area contributed by atoms with Gasteiger partial charge in [0.15, 0.2) is 6.10 Å². The van der Waals surface area contributed by atoms with E-state index in [1.165, 1.54) is 24.3 Å². The number of carboxylic acids is 1. The minimum absolute atomic E-state index is 0.395. The number of nitrogens with zero attached hydrogens (tertiary/aromatic N) is 1. The molecule has 2 atom stereocenters. The molecule has 0 heterocycles. The highest BCUT2D eigenvalue weighted by Crippen LogP contribution is 2.17. The zero-order valence-corrected chi connectivity index (χ0v) is 8.82. The summed E-state index contributed by atoms with van der Waals surface area (Å²) < 4.78 is 0. The number of aliphatic hydroxyl groups is 2. The summed E-state index contributed by atoms with van der Waals surface area (Å²) in [5, 5.41) is 35.5. The lowest BCUT2D eigenvalue weighted by atomic mass is 10.0. The van der Waals surface area contributed by atoms with Crippen LogP contribution in [0.25, 0.3) is 6.08 Å². The third kappa shape index (κ3) is 3.72. The molecule has 3 N–H and O–H groups in total. The number of hydrogen-bond acceptors (Lipinski definition) is 4. The number of carbonyl (C=O) groups is 1. The second kappa shape index (κ2) is 5.80. The Kier molecular flexibility index (Phi) is 4.40.